The van der Waals surface area contributed by atoms with Crippen LogP contribution in [0, 0.1) is 11.8 Å². The number of nitrogens with one attached hydrogen (secondary N) is 1. The first-order valence-electron chi connectivity index (χ1n) is 10.9. The van der Waals surface area contributed by atoms with Gasteiger partial charge in [0.05, 0.1) is 24.4 Å². The molecule has 176 valence electrons. The number of nitrogens with zero attached hydrogens (tertiary/aromatic N) is 3. The molecule has 2 fully saturated rings. The molecular weight excluding hydrogens is 461 g/mol. The van der Waals surface area contributed by atoms with E-state index in [1.54, 1.807) is 30.3 Å². The van der Waals surface area contributed by atoms with E-state index in [0.29, 0.717) is 23.6 Å². The minimum Gasteiger partial charge on any atom is -0.370 e. The molecule has 1 aliphatic heterocycles. The number of halogens is 2. The van der Waals surface area contributed by atoms with Gasteiger partial charge in [0.1, 0.15) is 24.2 Å². The Morgan fingerprint density at radius 3 is 2.62 bits per heavy atom. The van der Waals surface area contributed by atoms with Gasteiger partial charge in [-0.15, -0.1) is 0 Å². The van der Waals surface area contributed by atoms with Crippen LogP contribution in [0.5, 0.6) is 0 Å². The topological polar surface area (TPSA) is 118 Å². The number of hydrogen-bond acceptors (Lipinski definition) is 5. The summed E-state index contributed by atoms with van der Waals surface area (Å²) in [6.45, 7) is -0.167. The second kappa shape index (κ2) is 9.77. The van der Waals surface area contributed by atoms with Crippen LogP contribution < -0.4 is 11.1 Å². The van der Waals surface area contributed by atoms with Crippen molar-refractivity contribution < 1.29 is 18.8 Å². The molecule has 2 aliphatic rings. The van der Waals surface area contributed by atoms with Crippen LogP contribution in [0.2, 0.25) is 5.02 Å². The third kappa shape index (κ3) is 5.18. The Bertz CT molecular complexity index is 1140. The van der Waals surface area contributed by atoms with Gasteiger partial charge in [0.25, 0.3) is 0 Å². The molecule has 1 aliphatic carbocycles. The van der Waals surface area contributed by atoms with E-state index in [4.69, 9.17) is 17.3 Å². The SMILES string of the molecule is NC(=O)C[C@@H](C#Cc1ccncn1)NC(=O)[C@@H]1C[C@@H](F)CN1C(=O)C1(c2ccc(Cl)cc2)CC1. The molecule has 4 rings (SSSR count). The summed E-state index contributed by atoms with van der Waals surface area (Å²) in [5, 5.41) is 3.20. The Morgan fingerprint density at radius 2 is 2.00 bits per heavy atom. The predicted molar refractivity (Wildman–Crippen MR) is 122 cm³/mol. The van der Waals surface area contributed by atoms with Gasteiger partial charge in [0, 0.05) is 17.6 Å². The first-order valence-corrected chi connectivity index (χ1v) is 11.2. The lowest BCUT2D eigenvalue weighted by Gasteiger charge is -2.29. The molecule has 1 saturated heterocycles. The molecular formula is C24H23ClFN5O3. The van der Waals surface area contributed by atoms with E-state index in [2.05, 4.69) is 27.1 Å². The van der Waals surface area contributed by atoms with Crippen LogP contribution in [0.1, 0.15) is 36.9 Å². The van der Waals surface area contributed by atoms with Crippen LogP contribution in [-0.4, -0.2) is 57.4 Å². The van der Waals surface area contributed by atoms with Gasteiger partial charge in [-0.3, -0.25) is 14.4 Å². The van der Waals surface area contributed by atoms with Crippen LogP contribution in [-0.2, 0) is 19.8 Å². The number of carbonyl (C=O) groups is 3. The highest BCUT2D eigenvalue weighted by Crippen LogP contribution is 2.50. The van der Waals surface area contributed by atoms with Gasteiger partial charge >= 0.3 is 0 Å². The first-order chi connectivity index (χ1) is 16.3. The molecule has 3 atom stereocenters. The lowest BCUT2D eigenvalue weighted by atomic mass is 9.94. The molecule has 34 heavy (non-hydrogen) atoms. The Hall–Kier alpha value is -3.51. The standard InChI is InChI=1S/C24H23ClFN5O3/c25-16-3-1-15(2-4-16)24(8-9-24)23(34)31-13-17(26)11-20(31)22(33)30-19(12-21(27)32)6-5-18-7-10-28-14-29-18/h1-4,7,10,14,17,19-20H,8-9,11-13H2,(H2,27,32)(H,30,33)/t17-,19-,20+/m1/s1. The van der Waals surface area contributed by atoms with Gasteiger partial charge in [-0.1, -0.05) is 29.7 Å². The van der Waals surface area contributed by atoms with Crippen LogP contribution in [0.4, 0.5) is 4.39 Å². The third-order valence-corrected chi connectivity index (χ3v) is 6.30. The highest BCUT2D eigenvalue weighted by atomic mass is 35.5. The maximum atomic E-state index is 14.4. The summed E-state index contributed by atoms with van der Waals surface area (Å²) < 4.78 is 14.4. The Labute approximate surface area is 201 Å². The summed E-state index contributed by atoms with van der Waals surface area (Å²) in [7, 11) is 0. The second-order valence-corrected chi connectivity index (χ2v) is 8.93. The number of rotatable bonds is 6. The number of benzene rings is 1. The molecule has 0 spiro atoms. The van der Waals surface area contributed by atoms with Crippen molar-refractivity contribution in [2.24, 2.45) is 5.73 Å². The molecule has 2 heterocycles. The van der Waals surface area contributed by atoms with Crippen molar-refractivity contribution in [2.45, 2.75) is 49.4 Å². The summed E-state index contributed by atoms with van der Waals surface area (Å²) >= 11 is 5.97. The van der Waals surface area contributed by atoms with Crippen molar-refractivity contribution in [1.29, 1.82) is 0 Å². The molecule has 8 nitrogen and oxygen atoms in total. The fourth-order valence-corrected chi connectivity index (χ4v) is 4.31. The minimum absolute atomic E-state index is 0.128. The number of amides is 3. The molecule has 0 unspecified atom stereocenters. The minimum atomic E-state index is -1.33. The molecule has 1 aromatic heterocycles. The lowest BCUT2D eigenvalue weighted by molar-refractivity contribution is -0.140. The van der Waals surface area contributed by atoms with E-state index in [-0.39, 0.29) is 25.3 Å². The van der Waals surface area contributed by atoms with Gasteiger partial charge in [-0.2, -0.15) is 0 Å². The molecule has 0 bridgehead atoms. The van der Waals surface area contributed by atoms with Gasteiger partial charge < -0.3 is 16.0 Å². The average Bonchev–Trinajstić information content (AvgIpc) is 3.53. The lowest BCUT2D eigenvalue weighted by Crippen LogP contribution is -2.51. The monoisotopic (exact) mass is 483 g/mol. The van der Waals surface area contributed by atoms with Crippen LogP contribution in [0.25, 0.3) is 0 Å². The van der Waals surface area contributed by atoms with Gasteiger partial charge in [0.2, 0.25) is 17.7 Å². The zero-order valence-electron chi connectivity index (χ0n) is 18.2. The molecule has 2 aromatic rings. The summed E-state index contributed by atoms with van der Waals surface area (Å²) in [4.78, 5) is 47.2. The molecule has 10 heteroatoms. The smallest absolute Gasteiger partial charge is 0.243 e. The van der Waals surface area contributed by atoms with E-state index in [1.165, 1.54) is 17.4 Å². The normalized spacial score (nSPS) is 21.2. The third-order valence-electron chi connectivity index (χ3n) is 6.05. The van der Waals surface area contributed by atoms with Gasteiger partial charge in [-0.25, -0.2) is 14.4 Å². The van der Waals surface area contributed by atoms with E-state index in [0.717, 1.165) is 5.56 Å². The quantitative estimate of drug-likeness (QED) is 0.604. The zero-order valence-corrected chi connectivity index (χ0v) is 19.0. The van der Waals surface area contributed by atoms with Gasteiger partial charge in [-0.05, 0) is 42.5 Å². The maximum absolute atomic E-state index is 14.4. The van der Waals surface area contributed by atoms with Crippen molar-refractivity contribution in [3.63, 3.8) is 0 Å². The molecule has 1 saturated carbocycles. The number of likely N-dealkylation sites (tertiary alicyclic amines) is 1. The second-order valence-electron chi connectivity index (χ2n) is 8.49. The van der Waals surface area contributed by atoms with Crippen LogP contribution >= 0.6 is 11.6 Å². The van der Waals surface area contributed by atoms with Crippen LogP contribution in [0.15, 0.2) is 42.9 Å². The first kappa shape index (κ1) is 23.6. The largest absolute Gasteiger partial charge is 0.370 e. The number of primary amides is 1. The molecule has 0 radical (unpaired) electrons. The predicted octanol–water partition coefficient (Wildman–Crippen LogP) is 1.51. The van der Waals surface area contributed by atoms with Crippen molar-refractivity contribution in [3.05, 3.63) is 59.1 Å². The Morgan fingerprint density at radius 1 is 1.26 bits per heavy atom. The van der Waals surface area contributed by atoms with Gasteiger partial charge in [0.15, 0.2) is 0 Å². The number of carbonyl (C=O) groups excluding carboxylic acids is 3. The average molecular weight is 484 g/mol. The van der Waals surface area contributed by atoms with E-state index < -0.39 is 35.5 Å². The summed E-state index contributed by atoms with van der Waals surface area (Å²) in [5.74, 6) is 4.00. The van der Waals surface area contributed by atoms with E-state index in [1.807, 2.05) is 0 Å². The number of hydrogen-bond donors (Lipinski definition) is 2. The Balaban J connectivity index is 1.51. The molecule has 3 amide bonds. The molecule has 3 N–H and O–H groups in total. The van der Waals surface area contributed by atoms with E-state index >= 15 is 0 Å². The summed E-state index contributed by atoms with van der Waals surface area (Å²) in [6, 6.07) is 6.65. The van der Waals surface area contributed by atoms with Crippen molar-refractivity contribution >= 4 is 29.3 Å². The zero-order chi connectivity index (χ0) is 24.3. The number of aromatic nitrogens is 2. The fraction of sp³-hybridized carbons (Fsp3) is 0.375. The van der Waals surface area contributed by atoms with Crippen molar-refractivity contribution in [2.75, 3.05) is 6.54 Å². The fourth-order valence-electron chi connectivity index (χ4n) is 4.19. The highest BCUT2D eigenvalue weighted by molar-refractivity contribution is 6.30. The summed E-state index contributed by atoms with van der Waals surface area (Å²) in [5.41, 5.74) is 5.74. The van der Waals surface area contributed by atoms with Crippen molar-refractivity contribution in [1.82, 2.24) is 20.2 Å². The summed E-state index contributed by atoms with van der Waals surface area (Å²) in [6.07, 6.45) is 2.37. The molecule has 1 aromatic carbocycles. The number of nitrogens with two attached hydrogens (primary N) is 1. The Kier molecular flexibility index (Phi) is 6.80. The van der Waals surface area contributed by atoms with Crippen molar-refractivity contribution in [3.8, 4) is 11.8 Å². The van der Waals surface area contributed by atoms with E-state index in [9.17, 15) is 18.8 Å². The number of alkyl halides is 1. The highest BCUT2D eigenvalue weighted by Gasteiger charge is 2.56. The van der Waals surface area contributed by atoms with Crippen LogP contribution in [0.3, 0.4) is 0 Å². The maximum Gasteiger partial charge on any atom is 0.243 e.